The molecular weight excluding hydrogens is 354 g/mol. The first kappa shape index (κ1) is 26.2. The number of hydrogen-bond donors (Lipinski definition) is 3. The molecule has 0 radical (unpaired) electrons. The van der Waals surface area contributed by atoms with Gasteiger partial charge in [-0.15, -0.1) is 0 Å². The maximum atomic E-state index is 10.9. The highest BCUT2D eigenvalue weighted by molar-refractivity contribution is 5.66. The summed E-state index contributed by atoms with van der Waals surface area (Å²) in [7, 11) is 5.95. The fourth-order valence-corrected chi connectivity index (χ4v) is 2.79. The van der Waals surface area contributed by atoms with Gasteiger partial charge in [0.25, 0.3) is 0 Å². The van der Waals surface area contributed by atoms with Crippen LogP contribution in [0.2, 0.25) is 0 Å². The lowest BCUT2D eigenvalue weighted by Gasteiger charge is -2.27. The second-order valence-electron chi connectivity index (χ2n) is 8.23. The van der Waals surface area contributed by atoms with Gasteiger partial charge in [0.1, 0.15) is 24.9 Å². The Bertz CT molecular complexity index is 400. The van der Waals surface area contributed by atoms with E-state index in [4.69, 9.17) is 14.2 Å². The van der Waals surface area contributed by atoms with Crippen LogP contribution in [0.3, 0.4) is 0 Å². The average molecular weight is 395 g/mol. The van der Waals surface area contributed by atoms with Crippen molar-refractivity contribution in [3.63, 3.8) is 0 Å². The van der Waals surface area contributed by atoms with E-state index >= 15 is 0 Å². The zero-order chi connectivity index (χ0) is 21.0. The van der Waals surface area contributed by atoms with Crippen molar-refractivity contribution in [3.8, 4) is 0 Å². The molecule has 0 aromatic carbocycles. The van der Waals surface area contributed by atoms with Gasteiger partial charge in [-0.3, -0.25) is 4.79 Å². The number of aliphatic hydroxyl groups is 3. The van der Waals surface area contributed by atoms with Crippen LogP contribution in [0.15, 0.2) is 0 Å². The van der Waals surface area contributed by atoms with E-state index in [-0.39, 0.29) is 38.0 Å². The van der Waals surface area contributed by atoms with Crippen molar-refractivity contribution in [3.05, 3.63) is 0 Å². The van der Waals surface area contributed by atoms with Crippen LogP contribution in [0.1, 0.15) is 40.0 Å². The minimum absolute atomic E-state index is 0.0800. The molecule has 0 bridgehead atoms. The van der Waals surface area contributed by atoms with E-state index in [0.717, 1.165) is 0 Å². The van der Waals surface area contributed by atoms with Crippen LogP contribution in [-0.2, 0) is 19.0 Å². The zero-order valence-corrected chi connectivity index (χ0v) is 17.8. The van der Waals surface area contributed by atoms with Crippen molar-refractivity contribution in [2.45, 2.75) is 70.6 Å². The predicted molar refractivity (Wildman–Crippen MR) is 102 cm³/mol. The molecule has 8 heteroatoms. The Kier molecular flexibility index (Phi) is 13.0. The molecule has 0 aliphatic heterocycles. The highest BCUT2D eigenvalue weighted by Crippen LogP contribution is 2.13. The Hall–Kier alpha value is -0.770. The van der Waals surface area contributed by atoms with Crippen LogP contribution in [0.5, 0.6) is 0 Å². The van der Waals surface area contributed by atoms with E-state index < -0.39 is 18.3 Å². The van der Waals surface area contributed by atoms with Gasteiger partial charge in [-0.05, 0) is 19.8 Å². The average Bonchev–Trinajstić information content (AvgIpc) is 2.48. The molecule has 0 aromatic rings. The molecule has 0 rings (SSSR count). The summed E-state index contributed by atoms with van der Waals surface area (Å²) >= 11 is 0. The number of ether oxygens (including phenoxy) is 3. The van der Waals surface area contributed by atoms with Gasteiger partial charge in [0, 0.05) is 13.3 Å². The summed E-state index contributed by atoms with van der Waals surface area (Å²) in [5, 5.41) is 29.9. The molecule has 0 spiro atoms. The Labute approximate surface area is 163 Å². The molecule has 0 heterocycles. The standard InChI is InChI=1S/C19H40NO7/c1-7-19(9-16(22)8-14(2)27-15(3)21)26-13-18(24)12-25-11-17(23)10-20(4,5)6/h14,16-19,22-24H,7-13H2,1-6H3/q+1. The van der Waals surface area contributed by atoms with Gasteiger partial charge in [0.05, 0.1) is 53.2 Å². The first-order valence-corrected chi connectivity index (χ1v) is 9.64. The van der Waals surface area contributed by atoms with Gasteiger partial charge < -0.3 is 34.0 Å². The van der Waals surface area contributed by atoms with Crippen molar-refractivity contribution in [2.24, 2.45) is 0 Å². The summed E-state index contributed by atoms with van der Waals surface area (Å²) in [6, 6.07) is 0. The van der Waals surface area contributed by atoms with Crippen LogP contribution >= 0.6 is 0 Å². The Morgan fingerprint density at radius 2 is 1.56 bits per heavy atom. The van der Waals surface area contributed by atoms with Crippen LogP contribution in [0, 0.1) is 0 Å². The molecule has 0 aliphatic carbocycles. The van der Waals surface area contributed by atoms with E-state index in [0.29, 0.717) is 30.3 Å². The molecule has 0 saturated carbocycles. The van der Waals surface area contributed by atoms with Crippen LogP contribution in [-0.4, -0.2) is 104 Å². The first-order valence-electron chi connectivity index (χ1n) is 9.64. The molecule has 8 nitrogen and oxygen atoms in total. The minimum Gasteiger partial charge on any atom is -0.463 e. The van der Waals surface area contributed by atoms with Gasteiger partial charge in [-0.2, -0.15) is 0 Å². The highest BCUT2D eigenvalue weighted by Gasteiger charge is 2.19. The normalized spacial score (nSPS) is 17.8. The molecule has 5 unspecified atom stereocenters. The molecule has 0 saturated heterocycles. The molecule has 0 amide bonds. The summed E-state index contributed by atoms with van der Waals surface area (Å²) in [6.07, 6.45) is -1.16. The third-order valence-electron chi connectivity index (χ3n) is 3.86. The molecule has 27 heavy (non-hydrogen) atoms. The molecule has 5 atom stereocenters. The van der Waals surface area contributed by atoms with Crippen LogP contribution in [0.4, 0.5) is 0 Å². The number of esters is 1. The summed E-state index contributed by atoms with van der Waals surface area (Å²) < 4.78 is 16.7. The fourth-order valence-electron chi connectivity index (χ4n) is 2.79. The Balaban J connectivity index is 4.03. The summed E-state index contributed by atoms with van der Waals surface area (Å²) in [6.45, 7) is 5.92. The lowest BCUT2D eigenvalue weighted by atomic mass is 10.0. The van der Waals surface area contributed by atoms with Crippen molar-refractivity contribution < 1.29 is 38.8 Å². The second-order valence-corrected chi connectivity index (χ2v) is 8.23. The molecule has 162 valence electrons. The number of aliphatic hydroxyl groups excluding tert-OH is 3. The molecular formula is C19H40NO7+. The van der Waals surface area contributed by atoms with Crippen LogP contribution in [0.25, 0.3) is 0 Å². The topological polar surface area (TPSA) is 105 Å². The van der Waals surface area contributed by atoms with Crippen molar-refractivity contribution in [1.82, 2.24) is 0 Å². The third-order valence-corrected chi connectivity index (χ3v) is 3.86. The van der Waals surface area contributed by atoms with E-state index in [9.17, 15) is 20.1 Å². The number of nitrogens with zero attached hydrogens (tertiary/aromatic N) is 1. The summed E-state index contributed by atoms with van der Waals surface area (Å²) in [4.78, 5) is 10.9. The first-order chi connectivity index (χ1) is 12.4. The third kappa shape index (κ3) is 15.9. The van der Waals surface area contributed by atoms with Crippen LogP contribution < -0.4 is 0 Å². The van der Waals surface area contributed by atoms with E-state index in [1.54, 1.807) is 6.92 Å². The molecule has 3 N–H and O–H groups in total. The number of likely N-dealkylation sites (N-methyl/N-ethyl adjacent to an activating group) is 1. The number of carbonyl (C=O) groups is 1. The fraction of sp³-hybridized carbons (Fsp3) is 0.947. The molecule has 0 fully saturated rings. The number of carbonyl (C=O) groups excluding carboxylic acids is 1. The monoisotopic (exact) mass is 394 g/mol. The van der Waals surface area contributed by atoms with Crippen molar-refractivity contribution in [2.75, 3.05) is 47.5 Å². The van der Waals surface area contributed by atoms with Gasteiger partial charge in [0.15, 0.2) is 0 Å². The van der Waals surface area contributed by atoms with Crippen molar-refractivity contribution in [1.29, 1.82) is 0 Å². The maximum Gasteiger partial charge on any atom is 0.302 e. The molecule has 0 aromatic heterocycles. The molecule has 0 aliphatic rings. The van der Waals surface area contributed by atoms with E-state index in [1.807, 2.05) is 28.1 Å². The number of quaternary nitrogens is 1. The minimum atomic E-state index is -0.799. The smallest absolute Gasteiger partial charge is 0.302 e. The summed E-state index contributed by atoms with van der Waals surface area (Å²) in [5.41, 5.74) is 0. The lowest BCUT2D eigenvalue weighted by Crippen LogP contribution is -2.43. The lowest BCUT2D eigenvalue weighted by molar-refractivity contribution is -0.873. The van der Waals surface area contributed by atoms with Gasteiger partial charge in [-0.25, -0.2) is 0 Å². The Morgan fingerprint density at radius 1 is 0.963 bits per heavy atom. The largest absolute Gasteiger partial charge is 0.463 e. The van der Waals surface area contributed by atoms with Gasteiger partial charge in [-0.1, -0.05) is 6.92 Å². The quantitative estimate of drug-likeness (QED) is 0.271. The van der Waals surface area contributed by atoms with Gasteiger partial charge >= 0.3 is 5.97 Å². The zero-order valence-electron chi connectivity index (χ0n) is 17.8. The van der Waals surface area contributed by atoms with E-state index in [2.05, 4.69) is 0 Å². The maximum absolute atomic E-state index is 10.9. The van der Waals surface area contributed by atoms with E-state index in [1.165, 1.54) is 6.92 Å². The Morgan fingerprint density at radius 3 is 2.07 bits per heavy atom. The van der Waals surface area contributed by atoms with Crippen molar-refractivity contribution >= 4 is 5.97 Å². The van der Waals surface area contributed by atoms with Gasteiger partial charge in [0.2, 0.25) is 0 Å². The number of hydrogen-bond acceptors (Lipinski definition) is 7. The highest BCUT2D eigenvalue weighted by atomic mass is 16.5. The second kappa shape index (κ2) is 13.4. The predicted octanol–water partition coefficient (Wildman–Crippen LogP) is 0.319. The summed E-state index contributed by atoms with van der Waals surface area (Å²) in [5.74, 6) is -0.368. The SMILES string of the molecule is CCC(CC(O)CC(C)OC(C)=O)OCC(O)COCC(O)C[N+](C)(C)C. The number of rotatable bonds is 15.